The van der Waals surface area contributed by atoms with Crippen molar-refractivity contribution in [2.75, 3.05) is 14.2 Å². The van der Waals surface area contributed by atoms with Gasteiger partial charge in [0.1, 0.15) is 11.6 Å². The maximum absolute atomic E-state index is 13.7. The Morgan fingerprint density at radius 2 is 2.19 bits per heavy atom. The van der Waals surface area contributed by atoms with E-state index in [0.29, 0.717) is 10.2 Å². The average Bonchev–Trinajstić information content (AvgIpc) is 3.09. The summed E-state index contributed by atoms with van der Waals surface area (Å²) in [5.41, 5.74) is 1.05. The molecule has 0 aromatic heterocycles. The van der Waals surface area contributed by atoms with Gasteiger partial charge in [0, 0.05) is 17.7 Å². The minimum absolute atomic E-state index is 0.223. The van der Waals surface area contributed by atoms with Gasteiger partial charge in [0.15, 0.2) is 0 Å². The summed E-state index contributed by atoms with van der Waals surface area (Å²) in [4.78, 5) is 0. The Balaban J connectivity index is 1.81. The summed E-state index contributed by atoms with van der Waals surface area (Å²) in [6, 6.07) is 3.56. The molecule has 4 heteroatoms. The summed E-state index contributed by atoms with van der Waals surface area (Å²) >= 11 is 3.29. The molecule has 0 heterocycles. The normalized spacial score (nSPS) is 28.9. The van der Waals surface area contributed by atoms with E-state index in [9.17, 15) is 4.39 Å². The van der Waals surface area contributed by atoms with Gasteiger partial charge in [-0.2, -0.15) is 0 Å². The molecule has 116 valence electrons. The summed E-state index contributed by atoms with van der Waals surface area (Å²) in [5.74, 6) is 3.03. The van der Waals surface area contributed by atoms with Gasteiger partial charge in [-0.15, -0.1) is 0 Å². The number of benzene rings is 1. The van der Waals surface area contributed by atoms with Crippen LogP contribution in [0.1, 0.15) is 43.7 Å². The SMILES string of the molecule is CNC(CC1CC2CCC1C2)c1cc(Br)c(F)cc1OC. The van der Waals surface area contributed by atoms with Crippen LogP contribution in [0.25, 0.3) is 0 Å². The van der Waals surface area contributed by atoms with E-state index in [0.717, 1.165) is 29.7 Å². The molecule has 4 atom stereocenters. The fourth-order valence-corrected chi connectivity index (χ4v) is 4.72. The van der Waals surface area contributed by atoms with Gasteiger partial charge in [0.05, 0.1) is 11.6 Å². The summed E-state index contributed by atoms with van der Waals surface area (Å²) < 4.78 is 19.6. The smallest absolute Gasteiger partial charge is 0.141 e. The summed E-state index contributed by atoms with van der Waals surface area (Å²) in [6.45, 7) is 0. The van der Waals surface area contributed by atoms with E-state index in [2.05, 4.69) is 21.2 Å². The molecule has 0 radical (unpaired) electrons. The Morgan fingerprint density at radius 3 is 2.76 bits per heavy atom. The van der Waals surface area contributed by atoms with E-state index in [4.69, 9.17) is 4.74 Å². The molecular weight excluding hydrogens is 333 g/mol. The van der Waals surface area contributed by atoms with Gasteiger partial charge in [0.25, 0.3) is 0 Å². The van der Waals surface area contributed by atoms with E-state index in [1.165, 1.54) is 31.7 Å². The number of hydrogen-bond acceptors (Lipinski definition) is 2. The molecule has 0 saturated heterocycles. The molecule has 2 bridgehead atoms. The third-order valence-electron chi connectivity index (χ3n) is 5.42. The number of nitrogens with one attached hydrogen (secondary N) is 1. The van der Waals surface area contributed by atoms with Gasteiger partial charge >= 0.3 is 0 Å². The molecule has 2 aliphatic rings. The van der Waals surface area contributed by atoms with Gasteiger partial charge in [0.2, 0.25) is 0 Å². The number of halogens is 2. The van der Waals surface area contributed by atoms with Crippen molar-refractivity contribution in [2.45, 2.75) is 38.1 Å². The van der Waals surface area contributed by atoms with Crippen LogP contribution in [0.15, 0.2) is 16.6 Å². The molecule has 0 amide bonds. The zero-order valence-corrected chi connectivity index (χ0v) is 14.2. The monoisotopic (exact) mass is 355 g/mol. The van der Waals surface area contributed by atoms with E-state index in [-0.39, 0.29) is 11.9 Å². The summed E-state index contributed by atoms with van der Waals surface area (Å²) in [6.07, 6.45) is 6.73. The molecule has 2 fully saturated rings. The van der Waals surface area contributed by atoms with Crippen LogP contribution in [0.3, 0.4) is 0 Å². The summed E-state index contributed by atoms with van der Waals surface area (Å²) in [5, 5.41) is 3.40. The van der Waals surface area contributed by atoms with Gasteiger partial charge in [-0.05, 0) is 72.5 Å². The molecular formula is C17H23BrFNO. The van der Waals surface area contributed by atoms with Crippen molar-refractivity contribution >= 4 is 15.9 Å². The van der Waals surface area contributed by atoms with E-state index >= 15 is 0 Å². The van der Waals surface area contributed by atoms with Crippen LogP contribution in [0.2, 0.25) is 0 Å². The van der Waals surface area contributed by atoms with Crippen molar-refractivity contribution in [1.82, 2.24) is 5.32 Å². The van der Waals surface area contributed by atoms with Gasteiger partial charge in [-0.25, -0.2) is 4.39 Å². The number of hydrogen-bond donors (Lipinski definition) is 1. The van der Waals surface area contributed by atoms with Crippen LogP contribution in [-0.4, -0.2) is 14.2 Å². The van der Waals surface area contributed by atoms with Crippen LogP contribution in [0.5, 0.6) is 5.75 Å². The number of methoxy groups -OCH3 is 1. The predicted octanol–water partition coefficient (Wildman–Crippen LogP) is 4.68. The maximum atomic E-state index is 13.7. The maximum Gasteiger partial charge on any atom is 0.141 e. The Morgan fingerprint density at radius 1 is 1.38 bits per heavy atom. The molecule has 2 aliphatic carbocycles. The van der Waals surface area contributed by atoms with Crippen molar-refractivity contribution in [1.29, 1.82) is 0 Å². The molecule has 0 spiro atoms. The molecule has 2 nitrogen and oxygen atoms in total. The molecule has 0 aliphatic heterocycles. The first kappa shape index (κ1) is 15.3. The van der Waals surface area contributed by atoms with E-state index in [1.807, 2.05) is 13.1 Å². The lowest BCUT2D eigenvalue weighted by Crippen LogP contribution is -2.23. The lowest BCUT2D eigenvalue weighted by molar-refractivity contribution is 0.280. The van der Waals surface area contributed by atoms with Crippen molar-refractivity contribution < 1.29 is 9.13 Å². The van der Waals surface area contributed by atoms with Crippen molar-refractivity contribution in [3.63, 3.8) is 0 Å². The Kier molecular flexibility index (Phi) is 4.55. The van der Waals surface area contributed by atoms with Crippen molar-refractivity contribution in [2.24, 2.45) is 17.8 Å². The predicted molar refractivity (Wildman–Crippen MR) is 86.0 cm³/mol. The lowest BCUT2D eigenvalue weighted by Gasteiger charge is -2.28. The standard InChI is InChI=1S/C17H23BrFNO/c1-20-16(7-12-6-10-3-4-11(12)5-10)13-8-14(18)15(19)9-17(13)21-2/h8-12,16,20H,3-7H2,1-2H3. The van der Waals surface area contributed by atoms with Gasteiger partial charge in [-0.1, -0.05) is 6.42 Å². The number of fused-ring (bicyclic) bond motifs is 2. The highest BCUT2D eigenvalue weighted by atomic mass is 79.9. The fourth-order valence-electron chi connectivity index (χ4n) is 4.36. The van der Waals surface area contributed by atoms with Crippen LogP contribution < -0.4 is 10.1 Å². The Bertz CT molecular complexity index is 522. The first-order chi connectivity index (χ1) is 10.1. The molecule has 21 heavy (non-hydrogen) atoms. The van der Waals surface area contributed by atoms with Crippen molar-refractivity contribution in [3.05, 3.63) is 28.0 Å². The summed E-state index contributed by atoms with van der Waals surface area (Å²) in [7, 11) is 3.59. The largest absolute Gasteiger partial charge is 0.496 e. The minimum atomic E-state index is -0.273. The first-order valence-corrected chi connectivity index (χ1v) is 8.61. The second kappa shape index (κ2) is 6.25. The quantitative estimate of drug-likeness (QED) is 0.827. The van der Waals surface area contributed by atoms with E-state index < -0.39 is 0 Å². The zero-order valence-electron chi connectivity index (χ0n) is 12.7. The highest BCUT2D eigenvalue weighted by Crippen LogP contribution is 2.51. The Labute approximate surface area is 134 Å². The van der Waals surface area contributed by atoms with Crippen LogP contribution in [0.4, 0.5) is 4.39 Å². The molecule has 1 N–H and O–H groups in total. The van der Waals surface area contributed by atoms with Gasteiger partial charge in [-0.3, -0.25) is 0 Å². The van der Waals surface area contributed by atoms with Crippen LogP contribution in [-0.2, 0) is 0 Å². The third-order valence-corrected chi connectivity index (χ3v) is 6.03. The first-order valence-electron chi connectivity index (χ1n) is 7.82. The Hall–Kier alpha value is -0.610. The lowest BCUT2D eigenvalue weighted by atomic mass is 9.82. The second-order valence-electron chi connectivity index (χ2n) is 6.52. The minimum Gasteiger partial charge on any atom is -0.496 e. The molecule has 2 saturated carbocycles. The van der Waals surface area contributed by atoms with Gasteiger partial charge < -0.3 is 10.1 Å². The average molecular weight is 356 g/mol. The highest BCUT2D eigenvalue weighted by Gasteiger charge is 2.40. The zero-order chi connectivity index (χ0) is 15.0. The molecule has 3 rings (SSSR count). The number of rotatable bonds is 5. The third kappa shape index (κ3) is 2.98. The number of ether oxygens (including phenoxy) is 1. The molecule has 1 aromatic rings. The van der Waals surface area contributed by atoms with Crippen LogP contribution >= 0.6 is 15.9 Å². The highest BCUT2D eigenvalue weighted by molar-refractivity contribution is 9.10. The molecule has 1 aromatic carbocycles. The topological polar surface area (TPSA) is 21.3 Å². The van der Waals surface area contributed by atoms with Crippen LogP contribution in [0, 0.1) is 23.6 Å². The molecule has 4 unspecified atom stereocenters. The fraction of sp³-hybridized carbons (Fsp3) is 0.647. The second-order valence-corrected chi connectivity index (χ2v) is 7.37. The van der Waals surface area contributed by atoms with E-state index in [1.54, 1.807) is 7.11 Å². The van der Waals surface area contributed by atoms with Crippen molar-refractivity contribution in [3.8, 4) is 5.75 Å².